The van der Waals surface area contributed by atoms with Gasteiger partial charge >= 0.3 is 0 Å². The van der Waals surface area contributed by atoms with Crippen molar-refractivity contribution in [1.82, 2.24) is 25.5 Å². The molecule has 0 aliphatic rings. The average molecular weight is 461 g/mol. The summed E-state index contributed by atoms with van der Waals surface area (Å²) in [5, 5.41) is 17.5. The second-order valence-electron chi connectivity index (χ2n) is 7.47. The molecule has 1 atom stereocenters. The molecule has 4 rings (SSSR count). The van der Waals surface area contributed by atoms with Crippen LogP contribution in [-0.4, -0.2) is 38.1 Å². The first kappa shape index (κ1) is 22.2. The summed E-state index contributed by atoms with van der Waals surface area (Å²) in [6.45, 7) is 1.92. The van der Waals surface area contributed by atoms with Crippen LogP contribution in [0.4, 0.5) is 5.69 Å². The van der Waals surface area contributed by atoms with Crippen LogP contribution in [0.3, 0.4) is 0 Å². The Labute approximate surface area is 195 Å². The van der Waals surface area contributed by atoms with Gasteiger partial charge in [0.15, 0.2) is 0 Å². The van der Waals surface area contributed by atoms with E-state index in [9.17, 15) is 9.59 Å². The highest BCUT2D eigenvalue weighted by Crippen LogP contribution is 2.19. The van der Waals surface area contributed by atoms with E-state index in [4.69, 9.17) is 11.6 Å². The minimum Gasteiger partial charge on any atom is -0.340 e. The van der Waals surface area contributed by atoms with Crippen molar-refractivity contribution in [3.63, 3.8) is 0 Å². The lowest BCUT2D eigenvalue weighted by Crippen LogP contribution is -2.45. The quantitative estimate of drug-likeness (QED) is 0.438. The molecule has 0 saturated heterocycles. The number of tetrazole rings is 1. The molecule has 0 saturated carbocycles. The summed E-state index contributed by atoms with van der Waals surface area (Å²) in [7, 11) is 0. The third-order valence-electron chi connectivity index (χ3n) is 5.08. The molecule has 2 N–H and O–H groups in total. The molecule has 2 amide bonds. The lowest BCUT2D eigenvalue weighted by atomic mass is 10.0. The molecule has 33 heavy (non-hydrogen) atoms. The molecule has 1 heterocycles. The number of benzene rings is 3. The maximum Gasteiger partial charge on any atom is 0.251 e. The first-order valence-corrected chi connectivity index (χ1v) is 10.6. The first-order valence-electron chi connectivity index (χ1n) is 10.2. The SMILES string of the molecule is Cc1ccc(NC(=O)[C@@H](Cc2ccccc2)NC(=O)c2ccc(Cl)cc2)cc1-n1cnnn1. The van der Waals surface area contributed by atoms with Gasteiger partial charge < -0.3 is 10.6 Å². The van der Waals surface area contributed by atoms with Crippen LogP contribution < -0.4 is 10.6 Å². The van der Waals surface area contributed by atoms with Gasteiger partial charge in [0.25, 0.3) is 5.91 Å². The molecule has 0 bridgehead atoms. The fraction of sp³-hybridized carbons (Fsp3) is 0.125. The second-order valence-corrected chi connectivity index (χ2v) is 7.90. The summed E-state index contributed by atoms with van der Waals surface area (Å²) in [6, 6.07) is 20.7. The van der Waals surface area contributed by atoms with Gasteiger partial charge in [-0.25, -0.2) is 4.68 Å². The van der Waals surface area contributed by atoms with E-state index in [-0.39, 0.29) is 11.8 Å². The monoisotopic (exact) mass is 460 g/mol. The molecule has 166 valence electrons. The number of aryl methyl sites for hydroxylation is 1. The van der Waals surface area contributed by atoms with E-state index in [1.54, 1.807) is 36.4 Å². The normalized spacial score (nSPS) is 11.6. The van der Waals surface area contributed by atoms with Gasteiger partial charge in [0.1, 0.15) is 12.4 Å². The van der Waals surface area contributed by atoms with Crippen molar-refractivity contribution in [1.29, 1.82) is 0 Å². The molecule has 0 aliphatic carbocycles. The van der Waals surface area contributed by atoms with Crippen LogP contribution in [0, 0.1) is 6.92 Å². The highest BCUT2D eigenvalue weighted by Gasteiger charge is 2.22. The predicted octanol–water partition coefficient (Wildman–Crippen LogP) is 3.60. The van der Waals surface area contributed by atoms with Crippen LogP contribution in [0.15, 0.2) is 79.1 Å². The van der Waals surface area contributed by atoms with Crippen LogP contribution in [0.1, 0.15) is 21.5 Å². The lowest BCUT2D eigenvalue weighted by molar-refractivity contribution is -0.118. The number of hydrogen-bond acceptors (Lipinski definition) is 5. The molecular weight excluding hydrogens is 440 g/mol. The molecule has 0 aliphatic heterocycles. The Bertz CT molecular complexity index is 1240. The summed E-state index contributed by atoms with van der Waals surface area (Å²) in [5.74, 6) is -0.700. The van der Waals surface area contributed by atoms with E-state index in [2.05, 4.69) is 26.2 Å². The van der Waals surface area contributed by atoms with Crippen LogP contribution in [0.2, 0.25) is 5.02 Å². The molecular formula is C24H21ClN6O2. The van der Waals surface area contributed by atoms with Crippen LogP contribution >= 0.6 is 11.6 Å². The number of amides is 2. The van der Waals surface area contributed by atoms with Gasteiger partial charge in [0.2, 0.25) is 5.91 Å². The van der Waals surface area contributed by atoms with Crippen molar-refractivity contribution in [2.45, 2.75) is 19.4 Å². The number of halogens is 1. The molecule has 0 radical (unpaired) electrons. The van der Waals surface area contributed by atoms with E-state index >= 15 is 0 Å². The number of nitrogens with zero attached hydrogens (tertiary/aromatic N) is 4. The van der Waals surface area contributed by atoms with Crippen molar-refractivity contribution >= 4 is 29.1 Å². The minimum atomic E-state index is -0.798. The molecule has 4 aromatic rings. The molecule has 0 spiro atoms. The Morgan fingerprint density at radius 1 is 1.03 bits per heavy atom. The zero-order chi connectivity index (χ0) is 23.2. The Hall–Kier alpha value is -4.04. The fourth-order valence-corrected chi connectivity index (χ4v) is 3.46. The Morgan fingerprint density at radius 3 is 2.48 bits per heavy atom. The fourth-order valence-electron chi connectivity index (χ4n) is 3.34. The number of anilines is 1. The number of carbonyl (C=O) groups excluding carboxylic acids is 2. The largest absolute Gasteiger partial charge is 0.340 e. The number of nitrogens with one attached hydrogen (secondary N) is 2. The number of rotatable bonds is 7. The Balaban J connectivity index is 1.56. The van der Waals surface area contributed by atoms with E-state index in [0.717, 1.165) is 16.8 Å². The molecule has 0 fully saturated rings. The number of hydrogen-bond donors (Lipinski definition) is 2. The minimum absolute atomic E-state index is 0.331. The average Bonchev–Trinajstić information content (AvgIpc) is 3.36. The molecule has 1 aromatic heterocycles. The van der Waals surface area contributed by atoms with Crippen molar-refractivity contribution in [3.8, 4) is 5.69 Å². The summed E-state index contributed by atoms with van der Waals surface area (Å²) in [6.07, 6.45) is 1.82. The zero-order valence-corrected chi connectivity index (χ0v) is 18.5. The van der Waals surface area contributed by atoms with E-state index < -0.39 is 6.04 Å². The standard InChI is InChI=1S/C24H21ClN6O2/c1-16-7-12-20(14-22(16)31-15-26-29-30-31)27-24(33)21(13-17-5-3-2-4-6-17)28-23(32)18-8-10-19(25)11-9-18/h2-12,14-15,21H,13H2,1H3,(H,27,33)(H,28,32)/t21-/m1/s1. The summed E-state index contributed by atoms with van der Waals surface area (Å²) in [5.41, 5.74) is 3.59. The maximum absolute atomic E-state index is 13.2. The van der Waals surface area contributed by atoms with Gasteiger partial charge in [-0.2, -0.15) is 0 Å². The predicted molar refractivity (Wildman–Crippen MR) is 125 cm³/mol. The van der Waals surface area contributed by atoms with Crippen LogP contribution in [-0.2, 0) is 11.2 Å². The topological polar surface area (TPSA) is 102 Å². The number of carbonyl (C=O) groups is 2. The van der Waals surface area contributed by atoms with Crippen molar-refractivity contribution in [2.75, 3.05) is 5.32 Å². The summed E-state index contributed by atoms with van der Waals surface area (Å²) < 4.78 is 1.52. The van der Waals surface area contributed by atoms with Crippen molar-refractivity contribution in [3.05, 3.63) is 101 Å². The zero-order valence-electron chi connectivity index (χ0n) is 17.8. The van der Waals surface area contributed by atoms with Gasteiger partial charge in [-0.05, 0) is 64.9 Å². The van der Waals surface area contributed by atoms with Gasteiger partial charge in [-0.1, -0.05) is 48.0 Å². The van der Waals surface area contributed by atoms with Gasteiger partial charge in [0.05, 0.1) is 5.69 Å². The van der Waals surface area contributed by atoms with Gasteiger partial charge in [-0.3, -0.25) is 9.59 Å². The van der Waals surface area contributed by atoms with E-state index in [0.29, 0.717) is 22.7 Å². The van der Waals surface area contributed by atoms with Gasteiger partial charge in [-0.15, -0.1) is 5.10 Å². The summed E-state index contributed by atoms with van der Waals surface area (Å²) >= 11 is 5.92. The maximum atomic E-state index is 13.2. The van der Waals surface area contributed by atoms with E-state index in [1.807, 2.05) is 43.3 Å². The second kappa shape index (κ2) is 10.1. The van der Waals surface area contributed by atoms with Crippen molar-refractivity contribution < 1.29 is 9.59 Å². The molecule has 3 aromatic carbocycles. The highest BCUT2D eigenvalue weighted by molar-refractivity contribution is 6.30. The molecule has 0 unspecified atom stereocenters. The third-order valence-corrected chi connectivity index (χ3v) is 5.34. The van der Waals surface area contributed by atoms with E-state index in [1.165, 1.54) is 11.0 Å². The molecule has 8 nitrogen and oxygen atoms in total. The van der Waals surface area contributed by atoms with Crippen LogP contribution in [0.5, 0.6) is 0 Å². The Morgan fingerprint density at radius 2 is 1.79 bits per heavy atom. The number of aromatic nitrogens is 4. The van der Waals surface area contributed by atoms with Crippen LogP contribution in [0.25, 0.3) is 5.69 Å². The molecule has 9 heteroatoms. The van der Waals surface area contributed by atoms with Crippen molar-refractivity contribution in [2.24, 2.45) is 0 Å². The lowest BCUT2D eigenvalue weighted by Gasteiger charge is -2.19. The highest BCUT2D eigenvalue weighted by atomic mass is 35.5. The third kappa shape index (κ3) is 5.61. The van der Waals surface area contributed by atoms with Gasteiger partial charge in [0, 0.05) is 22.7 Å². The first-order chi connectivity index (χ1) is 16.0. The smallest absolute Gasteiger partial charge is 0.251 e. The summed E-state index contributed by atoms with van der Waals surface area (Å²) in [4.78, 5) is 26.0. The Kier molecular flexibility index (Phi) is 6.75.